The third-order valence-electron chi connectivity index (χ3n) is 5.91. The first-order valence-electron chi connectivity index (χ1n) is 10.7. The molecule has 0 radical (unpaired) electrons. The van der Waals surface area contributed by atoms with Crippen LogP contribution in [0.25, 0.3) is 0 Å². The number of hydrogen-bond donors (Lipinski definition) is 1. The molecule has 1 atom stereocenters. The van der Waals surface area contributed by atoms with E-state index in [4.69, 9.17) is 4.52 Å². The van der Waals surface area contributed by atoms with Crippen LogP contribution in [0.4, 0.5) is 4.39 Å². The van der Waals surface area contributed by atoms with Gasteiger partial charge < -0.3 is 9.84 Å². The fourth-order valence-corrected chi connectivity index (χ4v) is 5.35. The Morgan fingerprint density at radius 3 is 2.48 bits per heavy atom. The normalized spacial score (nSPS) is 19.5. The first kappa shape index (κ1) is 21.9. The van der Waals surface area contributed by atoms with Crippen LogP contribution in [0.2, 0.25) is 0 Å². The number of rotatable bonds is 7. The van der Waals surface area contributed by atoms with Gasteiger partial charge in [0.1, 0.15) is 16.8 Å². The summed E-state index contributed by atoms with van der Waals surface area (Å²) in [7, 11) is -3.93. The highest BCUT2D eigenvalue weighted by molar-refractivity contribution is 7.89. The number of nitrogens with zero attached hydrogens (tertiary/aromatic N) is 3. The van der Waals surface area contributed by atoms with Crippen LogP contribution in [0.1, 0.15) is 63.2 Å². The smallest absolute Gasteiger partial charge is 0.249 e. The van der Waals surface area contributed by atoms with Crippen molar-refractivity contribution >= 4 is 15.9 Å². The zero-order valence-electron chi connectivity index (χ0n) is 17.6. The van der Waals surface area contributed by atoms with Gasteiger partial charge in [-0.05, 0) is 43.7 Å². The predicted octanol–water partition coefficient (Wildman–Crippen LogP) is 3.00. The Kier molecular flexibility index (Phi) is 6.11. The summed E-state index contributed by atoms with van der Waals surface area (Å²) in [6, 6.07) is 4.94. The molecule has 4 rings (SSSR count). The second-order valence-electron chi connectivity index (χ2n) is 8.60. The molecule has 1 aliphatic carbocycles. The molecule has 168 valence electrons. The third-order valence-corrected chi connectivity index (χ3v) is 7.84. The van der Waals surface area contributed by atoms with Gasteiger partial charge in [0.15, 0.2) is 5.82 Å². The Balaban J connectivity index is 1.38. The van der Waals surface area contributed by atoms with Crippen LogP contribution in [0, 0.1) is 17.7 Å². The molecule has 2 heterocycles. The minimum atomic E-state index is -3.93. The summed E-state index contributed by atoms with van der Waals surface area (Å²) >= 11 is 0. The molecule has 2 fully saturated rings. The van der Waals surface area contributed by atoms with Crippen LogP contribution >= 0.6 is 0 Å². The third kappa shape index (κ3) is 4.64. The van der Waals surface area contributed by atoms with Gasteiger partial charge in [-0.2, -0.15) is 9.29 Å². The van der Waals surface area contributed by atoms with E-state index >= 15 is 0 Å². The zero-order valence-corrected chi connectivity index (χ0v) is 18.4. The molecular weight excluding hydrogens is 423 g/mol. The number of carbonyl (C=O) groups is 1. The SMILES string of the molecule is CC(C)C(NC(=O)C1CCN(S(=O)(=O)c2ccccc2F)CC1)c1nc(C2CC2)no1. The van der Waals surface area contributed by atoms with Gasteiger partial charge in [-0.15, -0.1) is 0 Å². The lowest BCUT2D eigenvalue weighted by molar-refractivity contribution is -0.127. The summed E-state index contributed by atoms with van der Waals surface area (Å²) in [5, 5.41) is 7.04. The first-order valence-corrected chi connectivity index (χ1v) is 12.1. The summed E-state index contributed by atoms with van der Waals surface area (Å²) in [5.41, 5.74) is 0. The van der Waals surface area contributed by atoms with Gasteiger partial charge in [0, 0.05) is 24.9 Å². The van der Waals surface area contributed by atoms with Crippen molar-refractivity contribution < 1.29 is 22.1 Å². The molecule has 2 aliphatic rings. The highest BCUT2D eigenvalue weighted by atomic mass is 32.2. The summed E-state index contributed by atoms with van der Waals surface area (Å²) in [6.45, 7) is 4.26. The Hall–Kier alpha value is -2.33. The van der Waals surface area contributed by atoms with Crippen molar-refractivity contribution in [3.8, 4) is 0 Å². The van der Waals surface area contributed by atoms with Crippen LogP contribution in [0.3, 0.4) is 0 Å². The van der Waals surface area contributed by atoms with Crippen LogP contribution in [0.5, 0.6) is 0 Å². The van der Waals surface area contributed by atoms with Gasteiger partial charge in [0.25, 0.3) is 0 Å². The molecule has 1 N–H and O–H groups in total. The summed E-state index contributed by atoms with van der Waals surface area (Å²) in [6.07, 6.45) is 2.85. The average molecular weight is 451 g/mol. The average Bonchev–Trinajstić information content (AvgIpc) is 3.49. The van der Waals surface area contributed by atoms with Crippen molar-refractivity contribution in [2.45, 2.75) is 56.4 Å². The molecule has 0 bridgehead atoms. The molecule has 1 amide bonds. The summed E-state index contributed by atoms with van der Waals surface area (Å²) in [4.78, 5) is 17.0. The standard InChI is InChI=1S/C21H27FN4O4S/c1-13(2)18(21-24-19(25-30-21)14-7-8-14)23-20(27)15-9-11-26(12-10-15)31(28,29)17-6-4-3-5-16(17)22/h3-6,13-15,18H,7-12H2,1-2H3,(H,23,27). The van der Waals surface area contributed by atoms with E-state index in [-0.39, 0.29) is 35.7 Å². The number of halogens is 1. The van der Waals surface area contributed by atoms with Crippen molar-refractivity contribution in [1.29, 1.82) is 0 Å². The van der Waals surface area contributed by atoms with Gasteiger partial charge in [-0.25, -0.2) is 12.8 Å². The van der Waals surface area contributed by atoms with E-state index in [2.05, 4.69) is 15.5 Å². The van der Waals surface area contributed by atoms with E-state index in [1.165, 1.54) is 22.5 Å². The number of benzene rings is 1. The van der Waals surface area contributed by atoms with E-state index in [1.807, 2.05) is 13.8 Å². The van der Waals surface area contributed by atoms with Gasteiger partial charge >= 0.3 is 0 Å². The monoisotopic (exact) mass is 450 g/mol. The molecule has 0 spiro atoms. The van der Waals surface area contributed by atoms with E-state index < -0.39 is 21.9 Å². The minimum absolute atomic E-state index is 0.0537. The molecular formula is C21H27FN4O4S. The molecule has 10 heteroatoms. The lowest BCUT2D eigenvalue weighted by Gasteiger charge is -2.31. The van der Waals surface area contributed by atoms with E-state index in [0.29, 0.717) is 30.5 Å². The number of aromatic nitrogens is 2. The lowest BCUT2D eigenvalue weighted by Crippen LogP contribution is -2.44. The molecule has 1 aromatic heterocycles. The molecule has 31 heavy (non-hydrogen) atoms. The predicted molar refractivity (Wildman–Crippen MR) is 110 cm³/mol. The van der Waals surface area contributed by atoms with Crippen molar-refractivity contribution in [1.82, 2.24) is 19.8 Å². The van der Waals surface area contributed by atoms with Crippen LogP contribution in [-0.4, -0.2) is 41.9 Å². The van der Waals surface area contributed by atoms with E-state index in [9.17, 15) is 17.6 Å². The Morgan fingerprint density at radius 2 is 1.87 bits per heavy atom. The quantitative estimate of drug-likeness (QED) is 0.695. The zero-order chi connectivity index (χ0) is 22.2. The maximum absolute atomic E-state index is 14.0. The van der Waals surface area contributed by atoms with Crippen LogP contribution in [-0.2, 0) is 14.8 Å². The van der Waals surface area contributed by atoms with Gasteiger partial charge in [0.2, 0.25) is 21.8 Å². The van der Waals surface area contributed by atoms with Crippen molar-refractivity contribution in [2.75, 3.05) is 13.1 Å². The van der Waals surface area contributed by atoms with Crippen molar-refractivity contribution in [2.24, 2.45) is 11.8 Å². The largest absolute Gasteiger partial charge is 0.344 e. The molecule has 8 nitrogen and oxygen atoms in total. The number of sulfonamides is 1. The first-order chi connectivity index (χ1) is 14.8. The van der Waals surface area contributed by atoms with Gasteiger partial charge in [0.05, 0.1) is 0 Å². The van der Waals surface area contributed by atoms with E-state index in [0.717, 1.165) is 18.9 Å². The molecule has 1 saturated heterocycles. The second kappa shape index (κ2) is 8.66. The Morgan fingerprint density at radius 1 is 1.19 bits per heavy atom. The maximum Gasteiger partial charge on any atom is 0.249 e. The Labute approximate surface area is 181 Å². The fraction of sp³-hybridized carbons (Fsp3) is 0.571. The maximum atomic E-state index is 14.0. The number of amides is 1. The minimum Gasteiger partial charge on any atom is -0.344 e. The van der Waals surface area contributed by atoms with Gasteiger partial charge in [-0.1, -0.05) is 31.1 Å². The molecule has 2 aromatic rings. The topological polar surface area (TPSA) is 105 Å². The molecule has 1 aliphatic heterocycles. The fourth-order valence-electron chi connectivity index (χ4n) is 3.82. The number of piperidine rings is 1. The van der Waals surface area contributed by atoms with Gasteiger partial charge in [-0.3, -0.25) is 4.79 Å². The van der Waals surface area contributed by atoms with E-state index in [1.54, 1.807) is 0 Å². The highest BCUT2D eigenvalue weighted by Crippen LogP contribution is 2.38. The molecule has 1 saturated carbocycles. The second-order valence-corrected chi connectivity index (χ2v) is 10.5. The number of nitrogens with one attached hydrogen (secondary N) is 1. The molecule has 1 unspecified atom stereocenters. The van der Waals surface area contributed by atoms with Crippen molar-refractivity contribution in [3.63, 3.8) is 0 Å². The highest BCUT2D eigenvalue weighted by Gasteiger charge is 2.36. The van der Waals surface area contributed by atoms with Crippen molar-refractivity contribution in [3.05, 3.63) is 41.8 Å². The van der Waals surface area contributed by atoms with Crippen LogP contribution < -0.4 is 5.32 Å². The Bertz CT molecular complexity index is 1040. The summed E-state index contributed by atoms with van der Waals surface area (Å²) < 4.78 is 46.2. The number of carbonyl (C=O) groups excluding carboxylic acids is 1. The number of hydrogen-bond acceptors (Lipinski definition) is 6. The van der Waals surface area contributed by atoms with Crippen LogP contribution in [0.15, 0.2) is 33.7 Å². The summed E-state index contributed by atoms with van der Waals surface area (Å²) in [5.74, 6) is 0.255. The lowest BCUT2D eigenvalue weighted by atomic mass is 9.95. The molecule has 1 aromatic carbocycles.